The van der Waals surface area contributed by atoms with Gasteiger partial charge in [0, 0.05) is 6.42 Å². The van der Waals surface area contributed by atoms with E-state index in [1.807, 2.05) is 0 Å². The summed E-state index contributed by atoms with van der Waals surface area (Å²) in [6, 6.07) is 0. The molecule has 0 aromatic carbocycles. The molecule has 2 atom stereocenters. The normalized spacial score (nSPS) is 13.9. The first-order chi connectivity index (χ1) is 11.1. The highest BCUT2D eigenvalue weighted by molar-refractivity contribution is 5.66. The van der Waals surface area contributed by atoms with Gasteiger partial charge in [-0.3, -0.25) is 4.79 Å². The monoisotopic (exact) mass is 326 g/mol. The van der Waals surface area contributed by atoms with E-state index in [2.05, 4.69) is 20.8 Å². The van der Waals surface area contributed by atoms with E-state index >= 15 is 0 Å². The quantitative estimate of drug-likeness (QED) is 0.287. The molecule has 0 heterocycles. The fourth-order valence-corrected chi connectivity index (χ4v) is 3.16. The molecule has 138 valence electrons. The molecule has 0 spiro atoms. The Balaban J connectivity index is 3.22. The van der Waals surface area contributed by atoms with E-state index in [0.717, 1.165) is 24.7 Å². The minimum absolute atomic E-state index is 0.342. The molecule has 0 aliphatic carbocycles. The van der Waals surface area contributed by atoms with Gasteiger partial charge in [-0.05, 0) is 18.3 Å². The standard InChI is InChI=1S/C21H42O2/c1-4-19(2)15-11-9-10-13-17-20(3)16-12-7-5-6-8-14-18-21(22)23/h19-20H,4-18H2,1-3H3,(H,22,23). The van der Waals surface area contributed by atoms with Crippen molar-refractivity contribution < 1.29 is 9.90 Å². The van der Waals surface area contributed by atoms with Crippen molar-refractivity contribution in [1.29, 1.82) is 0 Å². The Bertz CT molecular complexity index is 263. The Labute approximate surface area is 145 Å². The van der Waals surface area contributed by atoms with Gasteiger partial charge in [-0.25, -0.2) is 0 Å². The Morgan fingerprint density at radius 2 is 1.09 bits per heavy atom. The van der Waals surface area contributed by atoms with Crippen LogP contribution in [0.5, 0.6) is 0 Å². The lowest BCUT2D eigenvalue weighted by molar-refractivity contribution is -0.137. The van der Waals surface area contributed by atoms with E-state index in [1.54, 1.807) is 0 Å². The highest BCUT2D eigenvalue weighted by Gasteiger charge is 2.03. The molecule has 0 bridgehead atoms. The summed E-state index contributed by atoms with van der Waals surface area (Å²) in [7, 11) is 0. The lowest BCUT2D eigenvalue weighted by Gasteiger charge is -2.11. The molecule has 0 aliphatic heterocycles. The van der Waals surface area contributed by atoms with Gasteiger partial charge in [-0.1, -0.05) is 104 Å². The van der Waals surface area contributed by atoms with Crippen LogP contribution in [-0.4, -0.2) is 11.1 Å². The molecule has 0 saturated heterocycles. The van der Waals surface area contributed by atoms with Crippen LogP contribution in [0, 0.1) is 11.8 Å². The van der Waals surface area contributed by atoms with Crippen molar-refractivity contribution in [3.05, 3.63) is 0 Å². The molecular weight excluding hydrogens is 284 g/mol. The number of carboxylic acid groups (broad SMARTS) is 1. The third kappa shape index (κ3) is 17.7. The Kier molecular flexibility index (Phi) is 16.0. The van der Waals surface area contributed by atoms with Crippen LogP contribution >= 0.6 is 0 Å². The molecule has 2 nitrogen and oxygen atoms in total. The van der Waals surface area contributed by atoms with E-state index in [-0.39, 0.29) is 0 Å². The third-order valence-corrected chi connectivity index (χ3v) is 5.18. The molecule has 1 N–H and O–H groups in total. The third-order valence-electron chi connectivity index (χ3n) is 5.18. The van der Waals surface area contributed by atoms with E-state index in [4.69, 9.17) is 5.11 Å². The largest absolute Gasteiger partial charge is 0.481 e. The molecule has 23 heavy (non-hydrogen) atoms. The molecule has 0 radical (unpaired) electrons. The average molecular weight is 327 g/mol. The summed E-state index contributed by atoms with van der Waals surface area (Å²) in [5.41, 5.74) is 0. The Morgan fingerprint density at radius 3 is 1.52 bits per heavy atom. The van der Waals surface area contributed by atoms with E-state index in [9.17, 15) is 4.79 Å². The molecule has 0 fully saturated rings. The summed E-state index contributed by atoms with van der Waals surface area (Å²) in [5.74, 6) is 1.15. The maximum absolute atomic E-state index is 10.4. The summed E-state index contributed by atoms with van der Waals surface area (Å²) in [6.07, 6.45) is 18.6. The van der Waals surface area contributed by atoms with E-state index < -0.39 is 5.97 Å². The minimum Gasteiger partial charge on any atom is -0.481 e. The van der Waals surface area contributed by atoms with E-state index in [1.165, 1.54) is 77.0 Å². The first kappa shape index (κ1) is 22.5. The molecule has 0 amide bonds. The van der Waals surface area contributed by atoms with Crippen LogP contribution in [-0.2, 0) is 4.79 Å². The maximum atomic E-state index is 10.4. The molecule has 2 unspecified atom stereocenters. The SMILES string of the molecule is CCC(C)CCCCCCC(C)CCCCCCCCC(=O)O. The highest BCUT2D eigenvalue weighted by atomic mass is 16.4. The lowest BCUT2D eigenvalue weighted by Crippen LogP contribution is -1.96. The van der Waals surface area contributed by atoms with Crippen molar-refractivity contribution in [3.63, 3.8) is 0 Å². The van der Waals surface area contributed by atoms with Crippen LogP contribution in [0.1, 0.15) is 117 Å². The van der Waals surface area contributed by atoms with Gasteiger partial charge in [-0.2, -0.15) is 0 Å². The van der Waals surface area contributed by atoms with Gasteiger partial charge in [-0.15, -0.1) is 0 Å². The summed E-state index contributed by atoms with van der Waals surface area (Å²) in [5, 5.41) is 8.57. The zero-order valence-corrected chi connectivity index (χ0v) is 16.1. The van der Waals surface area contributed by atoms with Gasteiger partial charge in [0.25, 0.3) is 0 Å². The van der Waals surface area contributed by atoms with Crippen molar-refractivity contribution in [2.45, 2.75) is 117 Å². The van der Waals surface area contributed by atoms with Gasteiger partial charge >= 0.3 is 5.97 Å². The van der Waals surface area contributed by atoms with Crippen molar-refractivity contribution in [3.8, 4) is 0 Å². The number of aliphatic carboxylic acids is 1. The Morgan fingerprint density at radius 1 is 0.696 bits per heavy atom. The molecule has 2 heteroatoms. The summed E-state index contributed by atoms with van der Waals surface area (Å²) >= 11 is 0. The molecule has 0 aromatic heterocycles. The van der Waals surface area contributed by atoms with Crippen molar-refractivity contribution >= 4 is 5.97 Å². The zero-order valence-electron chi connectivity index (χ0n) is 16.1. The van der Waals surface area contributed by atoms with Gasteiger partial charge in [0.05, 0.1) is 0 Å². The van der Waals surface area contributed by atoms with Crippen molar-refractivity contribution in [2.24, 2.45) is 11.8 Å². The second-order valence-corrected chi connectivity index (χ2v) is 7.66. The van der Waals surface area contributed by atoms with Crippen molar-refractivity contribution in [1.82, 2.24) is 0 Å². The van der Waals surface area contributed by atoms with Crippen LogP contribution in [0.3, 0.4) is 0 Å². The van der Waals surface area contributed by atoms with Gasteiger partial charge in [0.1, 0.15) is 0 Å². The minimum atomic E-state index is -0.654. The number of hydrogen-bond acceptors (Lipinski definition) is 1. The fourth-order valence-electron chi connectivity index (χ4n) is 3.16. The van der Waals surface area contributed by atoms with Gasteiger partial charge < -0.3 is 5.11 Å². The predicted molar refractivity (Wildman–Crippen MR) is 101 cm³/mol. The number of rotatable bonds is 17. The lowest BCUT2D eigenvalue weighted by atomic mass is 9.95. The van der Waals surface area contributed by atoms with E-state index in [0.29, 0.717) is 6.42 Å². The zero-order chi connectivity index (χ0) is 17.3. The summed E-state index contributed by atoms with van der Waals surface area (Å²) in [6.45, 7) is 7.07. The molecule has 0 aromatic rings. The highest BCUT2D eigenvalue weighted by Crippen LogP contribution is 2.19. The average Bonchev–Trinajstić information content (AvgIpc) is 2.52. The van der Waals surface area contributed by atoms with Crippen LogP contribution in [0.25, 0.3) is 0 Å². The van der Waals surface area contributed by atoms with Gasteiger partial charge in [0.2, 0.25) is 0 Å². The van der Waals surface area contributed by atoms with Crippen LogP contribution in [0.2, 0.25) is 0 Å². The Hall–Kier alpha value is -0.530. The van der Waals surface area contributed by atoms with Crippen molar-refractivity contribution in [2.75, 3.05) is 0 Å². The van der Waals surface area contributed by atoms with Crippen LogP contribution in [0.15, 0.2) is 0 Å². The first-order valence-corrected chi connectivity index (χ1v) is 10.3. The predicted octanol–water partition coefficient (Wildman–Crippen LogP) is 7.21. The first-order valence-electron chi connectivity index (χ1n) is 10.3. The maximum Gasteiger partial charge on any atom is 0.303 e. The number of unbranched alkanes of at least 4 members (excludes halogenated alkanes) is 8. The van der Waals surface area contributed by atoms with Gasteiger partial charge in [0.15, 0.2) is 0 Å². The number of hydrogen-bond donors (Lipinski definition) is 1. The topological polar surface area (TPSA) is 37.3 Å². The molecule has 0 aliphatic rings. The van der Waals surface area contributed by atoms with Crippen LogP contribution < -0.4 is 0 Å². The smallest absolute Gasteiger partial charge is 0.303 e. The molecular formula is C21H42O2. The molecule has 0 saturated carbocycles. The van der Waals surface area contributed by atoms with Crippen LogP contribution in [0.4, 0.5) is 0 Å². The second kappa shape index (κ2) is 16.3. The second-order valence-electron chi connectivity index (χ2n) is 7.66. The summed E-state index contributed by atoms with van der Waals surface area (Å²) in [4.78, 5) is 10.4. The fraction of sp³-hybridized carbons (Fsp3) is 0.952. The summed E-state index contributed by atoms with van der Waals surface area (Å²) < 4.78 is 0. The number of carboxylic acids is 1. The number of carbonyl (C=O) groups is 1. The molecule has 0 rings (SSSR count).